The molecule has 0 saturated heterocycles. The van der Waals surface area contributed by atoms with Gasteiger partial charge in [0.05, 0.1) is 11.7 Å². The molecule has 0 aromatic carbocycles. The molecule has 3 rings (SSSR count). The molecule has 0 radical (unpaired) electrons. The molecule has 0 amide bonds. The van der Waals surface area contributed by atoms with E-state index in [0.29, 0.717) is 5.92 Å². The average Bonchev–Trinajstić information content (AvgIpc) is 3.18. The summed E-state index contributed by atoms with van der Waals surface area (Å²) in [7, 11) is 0. The molecule has 1 unspecified atom stereocenters. The fourth-order valence-corrected chi connectivity index (χ4v) is 3.16. The largest absolute Gasteiger partial charge is 0.374 e. The Kier molecular flexibility index (Phi) is 3.96. The maximum atomic E-state index is 4.42. The van der Waals surface area contributed by atoms with Gasteiger partial charge in [0, 0.05) is 11.1 Å². The van der Waals surface area contributed by atoms with Crippen LogP contribution in [0.15, 0.2) is 48.5 Å². The van der Waals surface area contributed by atoms with Crippen LogP contribution in [-0.4, -0.2) is 19.7 Å². The summed E-state index contributed by atoms with van der Waals surface area (Å²) in [6, 6.07) is 8.44. The maximum absolute atomic E-state index is 4.42. The minimum absolute atomic E-state index is 0.247. The van der Waals surface area contributed by atoms with E-state index in [1.165, 1.54) is 11.2 Å². The Bertz CT molecular complexity index is 676. The molecule has 0 saturated carbocycles. The molecule has 3 aromatic heterocycles. The zero-order valence-corrected chi connectivity index (χ0v) is 12.8. The van der Waals surface area contributed by atoms with Gasteiger partial charge in [-0.25, -0.2) is 14.6 Å². The van der Waals surface area contributed by atoms with Gasteiger partial charge in [-0.05, 0) is 29.5 Å². The second kappa shape index (κ2) is 6.05. The van der Waals surface area contributed by atoms with Gasteiger partial charge in [0.1, 0.15) is 12.7 Å². The lowest BCUT2D eigenvalue weighted by Crippen LogP contribution is -2.17. The fourth-order valence-electron chi connectivity index (χ4n) is 2.21. The molecule has 3 heterocycles. The lowest BCUT2D eigenvalue weighted by molar-refractivity contribution is 0.553. The quantitative estimate of drug-likeness (QED) is 0.783. The summed E-state index contributed by atoms with van der Waals surface area (Å²) in [4.78, 5) is 9.72. The third-order valence-corrected chi connectivity index (χ3v) is 4.21. The smallest absolute Gasteiger partial charge is 0.178 e. The van der Waals surface area contributed by atoms with Crippen molar-refractivity contribution in [3.63, 3.8) is 0 Å². The van der Waals surface area contributed by atoms with Gasteiger partial charge < -0.3 is 5.32 Å². The molecule has 0 aliphatic carbocycles. The van der Waals surface area contributed by atoms with Crippen LogP contribution in [0.1, 0.15) is 24.8 Å². The number of pyridine rings is 1. The third kappa shape index (κ3) is 2.95. The highest BCUT2D eigenvalue weighted by molar-refractivity contribution is 7.10. The second-order valence-corrected chi connectivity index (χ2v) is 6.08. The average molecular weight is 299 g/mol. The maximum Gasteiger partial charge on any atom is 0.178 e. The molecule has 6 heteroatoms. The monoisotopic (exact) mass is 299 g/mol. The third-order valence-electron chi connectivity index (χ3n) is 3.25. The number of nitrogens with zero attached hydrogens (tertiary/aromatic N) is 4. The summed E-state index contributed by atoms with van der Waals surface area (Å²) < 4.78 is 1.67. The zero-order valence-electron chi connectivity index (χ0n) is 12.0. The van der Waals surface area contributed by atoms with E-state index in [1.54, 1.807) is 28.5 Å². The summed E-state index contributed by atoms with van der Waals surface area (Å²) in [5, 5.41) is 9.87. The minimum atomic E-state index is 0.247. The highest BCUT2D eigenvalue weighted by Gasteiger charge is 2.18. The first kappa shape index (κ1) is 13.8. The summed E-state index contributed by atoms with van der Waals surface area (Å²) in [5.74, 6) is 1.23. The van der Waals surface area contributed by atoms with E-state index in [0.717, 1.165) is 11.5 Å². The number of nitrogens with one attached hydrogen (secondary N) is 1. The van der Waals surface area contributed by atoms with Crippen LogP contribution in [0.4, 0.5) is 5.69 Å². The lowest BCUT2D eigenvalue weighted by Gasteiger charge is -2.23. The van der Waals surface area contributed by atoms with Crippen LogP contribution in [0.3, 0.4) is 0 Å². The lowest BCUT2D eigenvalue weighted by atomic mass is 10.0. The minimum Gasteiger partial charge on any atom is -0.374 e. The van der Waals surface area contributed by atoms with E-state index in [-0.39, 0.29) is 6.04 Å². The summed E-state index contributed by atoms with van der Waals surface area (Å²) in [5.41, 5.74) is 0.954. The summed E-state index contributed by atoms with van der Waals surface area (Å²) in [6.45, 7) is 4.42. The van der Waals surface area contributed by atoms with Crippen LogP contribution in [-0.2, 0) is 0 Å². The van der Waals surface area contributed by atoms with Gasteiger partial charge >= 0.3 is 0 Å². The zero-order chi connectivity index (χ0) is 14.7. The van der Waals surface area contributed by atoms with Crippen LogP contribution < -0.4 is 5.32 Å². The molecule has 0 aliphatic rings. The number of rotatable bonds is 5. The summed E-state index contributed by atoms with van der Waals surface area (Å²) >= 11 is 1.76. The molecule has 0 aliphatic heterocycles. The number of aromatic nitrogens is 4. The van der Waals surface area contributed by atoms with E-state index >= 15 is 0 Å². The van der Waals surface area contributed by atoms with Crippen molar-refractivity contribution in [1.82, 2.24) is 19.7 Å². The Balaban J connectivity index is 1.94. The van der Waals surface area contributed by atoms with Crippen molar-refractivity contribution in [2.75, 3.05) is 5.32 Å². The molecule has 0 fully saturated rings. The van der Waals surface area contributed by atoms with Gasteiger partial charge in [-0.15, -0.1) is 11.3 Å². The molecular formula is C15H17N5S. The number of thiophene rings is 1. The van der Waals surface area contributed by atoms with Gasteiger partial charge in [-0.3, -0.25) is 0 Å². The molecule has 108 valence electrons. The Morgan fingerprint density at radius 1 is 1.24 bits per heavy atom. The van der Waals surface area contributed by atoms with Crippen molar-refractivity contribution < 1.29 is 0 Å². The Hall–Kier alpha value is -2.21. The number of anilines is 1. The second-order valence-electron chi connectivity index (χ2n) is 5.10. The molecule has 1 atom stereocenters. The first-order chi connectivity index (χ1) is 10.3. The van der Waals surface area contributed by atoms with Crippen LogP contribution in [0.5, 0.6) is 0 Å². The SMILES string of the molecule is CC(C)C(Nc1cccnc1-n1cncn1)c1cccs1. The van der Waals surface area contributed by atoms with Crippen molar-refractivity contribution in [2.24, 2.45) is 5.92 Å². The van der Waals surface area contributed by atoms with E-state index in [9.17, 15) is 0 Å². The predicted molar refractivity (Wildman–Crippen MR) is 84.7 cm³/mol. The molecule has 21 heavy (non-hydrogen) atoms. The molecule has 3 aromatic rings. The van der Waals surface area contributed by atoms with Gasteiger partial charge in [-0.2, -0.15) is 5.10 Å². The van der Waals surface area contributed by atoms with Crippen LogP contribution >= 0.6 is 11.3 Å². The predicted octanol–water partition coefficient (Wildman–Crippen LogP) is 3.53. The first-order valence-electron chi connectivity index (χ1n) is 6.85. The van der Waals surface area contributed by atoms with Crippen LogP contribution in [0, 0.1) is 5.92 Å². The van der Waals surface area contributed by atoms with Crippen molar-refractivity contribution >= 4 is 17.0 Å². The molecular weight excluding hydrogens is 282 g/mol. The topological polar surface area (TPSA) is 55.6 Å². The van der Waals surface area contributed by atoms with E-state index in [1.807, 2.05) is 12.1 Å². The highest BCUT2D eigenvalue weighted by atomic mass is 32.1. The van der Waals surface area contributed by atoms with Crippen molar-refractivity contribution in [1.29, 1.82) is 0 Å². The van der Waals surface area contributed by atoms with E-state index < -0.39 is 0 Å². The Labute approximate surface area is 127 Å². The normalized spacial score (nSPS) is 12.5. The fraction of sp³-hybridized carbons (Fsp3) is 0.267. The van der Waals surface area contributed by atoms with Gasteiger partial charge in [0.2, 0.25) is 0 Å². The number of hydrogen-bond donors (Lipinski definition) is 1. The standard InChI is InChI=1S/C15H17N5S/c1-11(2)14(13-6-4-8-21-13)19-12-5-3-7-17-15(12)20-10-16-9-18-20/h3-11,14,19H,1-2H3. The van der Waals surface area contributed by atoms with Crippen molar-refractivity contribution in [2.45, 2.75) is 19.9 Å². The van der Waals surface area contributed by atoms with Crippen molar-refractivity contribution in [3.05, 3.63) is 53.4 Å². The first-order valence-corrected chi connectivity index (χ1v) is 7.73. The molecule has 0 bridgehead atoms. The molecule has 0 spiro atoms. The molecule has 1 N–H and O–H groups in total. The molecule has 5 nitrogen and oxygen atoms in total. The Morgan fingerprint density at radius 2 is 2.14 bits per heavy atom. The summed E-state index contributed by atoms with van der Waals surface area (Å²) in [6.07, 6.45) is 4.93. The van der Waals surface area contributed by atoms with E-state index in [2.05, 4.69) is 51.7 Å². The van der Waals surface area contributed by atoms with Gasteiger partial charge in [0.25, 0.3) is 0 Å². The van der Waals surface area contributed by atoms with Gasteiger partial charge in [0.15, 0.2) is 5.82 Å². The van der Waals surface area contributed by atoms with Crippen molar-refractivity contribution in [3.8, 4) is 5.82 Å². The van der Waals surface area contributed by atoms with E-state index in [4.69, 9.17) is 0 Å². The highest BCUT2D eigenvalue weighted by Crippen LogP contribution is 2.31. The number of hydrogen-bond acceptors (Lipinski definition) is 5. The van der Waals surface area contributed by atoms with Gasteiger partial charge in [-0.1, -0.05) is 19.9 Å². The van der Waals surface area contributed by atoms with Crippen LogP contribution in [0.2, 0.25) is 0 Å². The van der Waals surface area contributed by atoms with Crippen LogP contribution in [0.25, 0.3) is 5.82 Å². The Morgan fingerprint density at radius 3 is 2.81 bits per heavy atom.